The van der Waals surface area contributed by atoms with E-state index >= 15 is 0 Å². The van der Waals surface area contributed by atoms with Gasteiger partial charge in [0.2, 0.25) is 17.7 Å². The van der Waals surface area contributed by atoms with Crippen LogP contribution in [-0.4, -0.2) is 86.9 Å². The summed E-state index contributed by atoms with van der Waals surface area (Å²) in [7, 11) is 0. The minimum atomic E-state index is -1.18. The number of amides is 3. The van der Waals surface area contributed by atoms with Gasteiger partial charge in [-0.05, 0) is 31.3 Å². The molecule has 0 aromatic carbocycles. The summed E-state index contributed by atoms with van der Waals surface area (Å²) >= 11 is 1.54. The van der Waals surface area contributed by atoms with E-state index in [1.54, 1.807) is 0 Å². The number of hydrogen-bond donors (Lipinski definition) is 5. The Bertz CT molecular complexity index is 743. The average Bonchev–Trinajstić information content (AvgIpc) is 3.41. The van der Waals surface area contributed by atoms with Crippen molar-refractivity contribution in [2.75, 3.05) is 25.1 Å². The fourth-order valence-corrected chi connectivity index (χ4v) is 3.81. The van der Waals surface area contributed by atoms with Crippen molar-refractivity contribution in [3.8, 4) is 0 Å². The molecule has 3 amide bonds. The number of thioether (sulfide) groups is 1. The van der Waals surface area contributed by atoms with Gasteiger partial charge < -0.3 is 31.4 Å². The molecule has 2 rings (SSSR count). The predicted octanol–water partition coefficient (Wildman–Crippen LogP) is -1.29. The topological polar surface area (TPSA) is 171 Å². The highest BCUT2D eigenvalue weighted by atomic mass is 32.2. The third kappa shape index (κ3) is 6.46. The summed E-state index contributed by atoms with van der Waals surface area (Å²) in [6.07, 6.45) is 6.31. The molecule has 1 aromatic heterocycles. The molecule has 0 spiro atoms. The minimum Gasteiger partial charge on any atom is -0.480 e. The van der Waals surface area contributed by atoms with Gasteiger partial charge in [0.15, 0.2) is 0 Å². The van der Waals surface area contributed by atoms with E-state index in [4.69, 9.17) is 5.73 Å². The number of aromatic nitrogens is 2. The number of aromatic amines is 1. The molecular weight excluding hydrogens is 412 g/mol. The van der Waals surface area contributed by atoms with Crippen LogP contribution in [0, 0.1) is 0 Å². The zero-order valence-corrected chi connectivity index (χ0v) is 17.6. The normalized spacial score (nSPS) is 17.9. The van der Waals surface area contributed by atoms with Crippen LogP contribution in [0.25, 0.3) is 0 Å². The van der Waals surface area contributed by atoms with Crippen molar-refractivity contribution in [1.82, 2.24) is 25.5 Å². The number of aliphatic carboxylic acids is 1. The van der Waals surface area contributed by atoms with Crippen molar-refractivity contribution in [2.24, 2.45) is 5.73 Å². The van der Waals surface area contributed by atoms with E-state index in [-0.39, 0.29) is 18.9 Å². The fourth-order valence-electron chi connectivity index (χ4n) is 3.33. The number of nitrogens with zero attached hydrogens (tertiary/aromatic N) is 2. The zero-order valence-electron chi connectivity index (χ0n) is 16.8. The van der Waals surface area contributed by atoms with Gasteiger partial charge in [-0.25, -0.2) is 9.78 Å². The van der Waals surface area contributed by atoms with E-state index in [1.807, 2.05) is 6.26 Å². The Morgan fingerprint density at radius 1 is 1.37 bits per heavy atom. The second-order valence-electron chi connectivity index (χ2n) is 6.98. The first-order valence-electron chi connectivity index (χ1n) is 9.66. The van der Waals surface area contributed by atoms with Crippen LogP contribution >= 0.6 is 11.8 Å². The Labute approximate surface area is 178 Å². The monoisotopic (exact) mass is 440 g/mol. The Morgan fingerprint density at radius 3 is 2.73 bits per heavy atom. The molecule has 3 unspecified atom stereocenters. The number of carbonyl (C=O) groups excluding carboxylic acids is 3. The molecule has 0 bridgehead atoms. The summed E-state index contributed by atoms with van der Waals surface area (Å²) < 4.78 is 0. The highest BCUT2D eigenvalue weighted by Gasteiger charge is 2.38. The van der Waals surface area contributed by atoms with Crippen LogP contribution in [0.5, 0.6) is 0 Å². The van der Waals surface area contributed by atoms with E-state index < -0.39 is 35.9 Å². The van der Waals surface area contributed by atoms with E-state index in [2.05, 4.69) is 20.6 Å². The molecule has 1 fully saturated rings. The van der Waals surface area contributed by atoms with Gasteiger partial charge in [-0.2, -0.15) is 11.8 Å². The lowest BCUT2D eigenvalue weighted by Gasteiger charge is -2.29. The summed E-state index contributed by atoms with van der Waals surface area (Å²) in [5.74, 6) is -1.86. The van der Waals surface area contributed by atoms with Gasteiger partial charge in [0.1, 0.15) is 18.1 Å². The minimum absolute atomic E-state index is 0.0463. The highest BCUT2D eigenvalue weighted by molar-refractivity contribution is 7.98. The van der Waals surface area contributed by atoms with Crippen LogP contribution in [0.2, 0.25) is 0 Å². The lowest BCUT2D eigenvalue weighted by atomic mass is 10.1. The Balaban J connectivity index is 2.07. The van der Waals surface area contributed by atoms with Gasteiger partial charge in [0.05, 0.1) is 12.9 Å². The first-order valence-corrected chi connectivity index (χ1v) is 11.1. The molecular formula is C18H28N6O5S. The number of H-pyrrole nitrogens is 1. The maximum Gasteiger partial charge on any atom is 0.326 e. The SMILES string of the molecule is CSCCC(NC(=O)CN)C(=O)N1CCCC1C(=O)NC(Cc1cnc[nH]1)C(=O)O. The summed E-state index contributed by atoms with van der Waals surface area (Å²) in [6.45, 7) is 0.129. The predicted molar refractivity (Wildman–Crippen MR) is 111 cm³/mol. The summed E-state index contributed by atoms with van der Waals surface area (Å²) in [6, 6.07) is -2.71. The van der Waals surface area contributed by atoms with Gasteiger partial charge >= 0.3 is 5.97 Å². The van der Waals surface area contributed by atoms with E-state index in [9.17, 15) is 24.3 Å². The molecule has 1 saturated heterocycles. The van der Waals surface area contributed by atoms with E-state index in [0.717, 1.165) is 0 Å². The third-order valence-corrected chi connectivity index (χ3v) is 5.51. The van der Waals surface area contributed by atoms with Gasteiger partial charge in [-0.15, -0.1) is 0 Å². The molecule has 2 heterocycles. The fraction of sp³-hybridized carbons (Fsp3) is 0.611. The van der Waals surface area contributed by atoms with E-state index in [1.165, 1.54) is 29.2 Å². The molecule has 1 aliphatic rings. The van der Waals surface area contributed by atoms with E-state index in [0.29, 0.717) is 37.3 Å². The van der Waals surface area contributed by atoms with Crippen LogP contribution in [0.4, 0.5) is 0 Å². The molecule has 0 aliphatic carbocycles. The number of carboxylic acid groups (broad SMARTS) is 1. The first-order chi connectivity index (χ1) is 14.4. The average molecular weight is 441 g/mol. The van der Waals surface area contributed by atoms with Crippen molar-refractivity contribution < 1.29 is 24.3 Å². The second kappa shape index (κ2) is 11.6. The number of nitrogens with two attached hydrogens (primary N) is 1. The highest BCUT2D eigenvalue weighted by Crippen LogP contribution is 2.20. The third-order valence-electron chi connectivity index (χ3n) is 4.86. The Hall–Kier alpha value is -2.60. The molecule has 11 nitrogen and oxygen atoms in total. The lowest BCUT2D eigenvalue weighted by Crippen LogP contribution is -2.56. The smallest absolute Gasteiger partial charge is 0.326 e. The summed E-state index contributed by atoms with van der Waals surface area (Å²) in [4.78, 5) is 57.2. The van der Waals surface area contributed by atoms with Crippen LogP contribution in [0.1, 0.15) is 25.0 Å². The van der Waals surface area contributed by atoms with Gasteiger partial charge in [-0.1, -0.05) is 0 Å². The molecule has 0 saturated carbocycles. The van der Waals surface area contributed by atoms with Gasteiger partial charge in [-0.3, -0.25) is 14.4 Å². The number of rotatable bonds is 11. The van der Waals surface area contributed by atoms with Gasteiger partial charge in [0.25, 0.3) is 0 Å². The number of likely N-dealkylation sites (tertiary alicyclic amines) is 1. The molecule has 6 N–H and O–H groups in total. The number of carbonyl (C=O) groups is 4. The van der Waals surface area contributed by atoms with Crippen molar-refractivity contribution in [1.29, 1.82) is 0 Å². The number of imidazole rings is 1. The summed E-state index contributed by atoms with van der Waals surface area (Å²) in [5, 5.41) is 14.6. The van der Waals surface area contributed by atoms with Crippen molar-refractivity contribution in [3.63, 3.8) is 0 Å². The quantitative estimate of drug-likeness (QED) is 0.283. The molecule has 1 aliphatic heterocycles. The van der Waals surface area contributed by atoms with Crippen LogP contribution in [0.3, 0.4) is 0 Å². The zero-order chi connectivity index (χ0) is 22.1. The molecule has 0 radical (unpaired) electrons. The molecule has 12 heteroatoms. The summed E-state index contributed by atoms with van der Waals surface area (Å²) in [5.41, 5.74) is 5.92. The van der Waals surface area contributed by atoms with Crippen LogP contribution in [-0.2, 0) is 25.6 Å². The molecule has 166 valence electrons. The van der Waals surface area contributed by atoms with Crippen molar-refractivity contribution >= 4 is 35.5 Å². The Kier molecular flexibility index (Phi) is 9.12. The lowest BCUT2D eigenvalue weighted by molar-refractivity contribution is -0.144. The van der Waals surface area contributed by atoms with Crippen molar-refractivity contribution in [3.05, 3.63) is 18.2 Å². The maximum atomic E-state index is 13.0. The standard InChI is InChI=1S/C18H28N6O5S/c1-30-6-4-12(22-15(25)8-19)17(27)24-5-2-3-14(24)16(26)23-13(18(28)29)7-11-9-20-10-21-11/h9-10,12-14H,2-8,19H2,1H3,(H,20,21)(H,22,25)(H,23,26)(H,28,29). The Morgan fingerprint density at radius 2 is 2.13 bits per heavy atom. The number of hydrogen-bond acceptors (Lipinski definition) is 7. The molecule has 30 heavy (non-hydrogen) atoms. The second-order valence-corrected chi connectivity index (χ2v) is 7.96. The van der Waals surface area contributed by atoms with Crippen LogP contribution in [0.15, 0.2) is 12.5 Å². The van der Waals surface area contributed by atoms with Crippen LogP contribution < -0.4 is 16.4 Å². The molecule has 1 aromatic rings. The van der Waals surface area contributed by atoms with Gasteiger partial charge in [0, 0.05) is 24.9 Å². The first kappa shape index (κ1) is 23.7. The largest absolute Gasteiger partial charge is 0.480 e. The number of carboxylic acids is 1. The number of nitrogens with one attached hydrogen (secondary N) is 3. The van der Waals surface area contributed by atoms with Crippen molar-refractivity contribution in [2.45, 2.75) is 43.8 Å². The molecule has 3 atom stereocenters. The maximum absolute atomic E-state index is 13.0.